The molecule has 0 bridgehead atoms. The standard InChI is InChI=1S/C16H22N2O/c1-5-16(3,4)17-15(19)11-18-9-8-13-10-12(2)6-7-14(13)18/h6-10H,5,11H2,1-4H3,(H,17,19). The van der Waals surface area contributed by atoms with E-state index in [0.29, 0.717) is 6.54 Å². The summed E-state index contributed by atoms with van der Waals surface area (Å²) in [5.41, 5.74) is 2.20. The Morgan fingerprint density at radius 3 is 2.74 bits per heavy atom. The molecule has 0 aliphatic heterocycles. The minimum absolute atomic E-state index is 0.0601. The van der Waals surface area contributed by atoms with Gasteiger partial charge in [0.1, 0.15) is 6.54 Å². The summed E-state index contributed by atoms with van der Waals surface area (Å²) in [6.07, 6.45) is 2.90. The third kappa shape index (κ3) is 3.16. The first-order valence-electron chi connectivity index (χ1n) is 6.78. The molecule has 0 saturated carbocycles. The molecular weight excluding hydrogens is 236 g/mol. The minimum atomic E-state index is -0.142. The molecular formula is C16H22N2O. The Morgan fingerprint density at radius 2 is 2.05 bits per heavy atom. The highest BCUT2D eigenvalue weighted by molar-refractivity contribution is 5.84. The van der Waals surface area contributed by atoms with Crippen molar-refractivity contribution >= 4 is 16.8 Å². The highest BCUT2D eigenvalue weighted by Crippen LogP contribution is 2.17. The number of nitrogens with one attached hydrogen (secondary N) is 1. The van der Waals surface area contributed by atoms with Gasteiger partial charge in [0, 0.05) is 17.3 Å². The van der Waals surface area contributed by atoms with Gasteiger partial charge in [-0.25, -0.2) is 0 Å². The average molecular weight is 258 g/mol. The lowest BCUT2D eigenvalue weighted by Crippen LogP contribution is -2.44. The molecule has 1 N–H and O–H groups in total. The Hall–Kier alpha value is -1.77. The van der Waals surface area contributed by atoms with Crippen molar-refractivity contribution < 1.29 is 4.79 Å². The number of carbonyl (C=O) groups is 1. The van der Waals surface area contributed by atoms with Crippen LogP contribution in [0.15, 0.2) is 30.5 Å². The Labute approximate surface area is 114 Å². The van der Waals surface area contributed by atoms with E-state index in [1.54, 1.807) is 0 Å². The number of aromatic nitrogens is 1. The molecule has 2 aromatic rings. The zero-order chi connectivity index (χ0) is 14.0. The lowest BCUT2D eigenvalue weighted by Gasteiger charge is -2.24. The zero-order valence-electron chi connectivity index (χ0n) is 12.2. The first-order valence-corrected chi connectivity index (χ1v) is 6.78. The van der Waals surface area contributed by atoms with Gasteiger partial charge in [-0.2, -0.15) is 0 Å². The second-order valence-corrected chi connectivity index (χ2v) is 5.79. The summed E-state index contributed by atoms with van der Waals surface area (Å²) in [5.74, 6) is 0.0601. The van der Waals surface area contributed by atoms with Crippen molar-refractivity contribution in [1.29, 1.82) is 0 Å². The summed E-state index contributed by atoms with van der Waals surface area (Å²) < 4.78 is 2.00. The largest absolute Gasteiger partial charge is 0.350 e. The van der Waals surface area contributed by atoms with E-state index in [-0.39, 0.29) is 11.4 Å². The number of fused-ring (bicyclic) bond motifs is 1. The van der Waals surface area contributed by atoms with Gasteiger partial charge in [0.25, 0.3) is 0 Å². The lowest BCUT2D eigenvalue weighted by molar-refractivity contribution is -0.123. The summed E-state index contributed by atoms with van der Waals surface area (Å²) >= 11 is 0. The van der Waals surface area contributed by atoms with Gasteiger partial charge < -0.3 is 9.88 Å². The summed E-state index contributed by atoms with van der Waals surface area (Å²) in [6.45, 7) is 8.61. The fraction of sp³-hybridized carbons (Fsp3) is 0.438. The maximum Gasteiger partial charge on any atom is 0.240 e. The quantitative estimate of drug-likeness (QED) is 0.897. The van der Waals surface area contributed by atoms with Crippen molar-refractivity contribution in [3.8, 4) is 0 Å². The Balaban J connectivity index is 2.16. The number of nitrogens with zero attached hydrogens (tertiary/aromatic N) is 1. The van der Waals surface area contributed by atoms with E-state index in [4.69, 9.17) is 0 Å². The van der Waals surface area contributed by atoms with Gasteiger partial charge in [-0.15, -0.1) is 0 Å². The van der Waals surface area contributed by atoms with Crippen molar-refractivity contribution in [2.24, 2.45) is 0 Å². The molecule has 0 aliphatic carbocycles. The summed E-state index contributed by atoms with van der Waals surface area (Å²) in [5, 5.41) is 4.24. The minimum Gasteiger partial charge on any atom is -0.350 e. The first-order chi connectivity index (χ1) is 8.91. The second-order valence-electron chi connectivity index (χ2n) is 5.79. The molecule has 2 rings (SSSR count). The number of aryl methyl sites for hydroxylation is 1. The SMILES string of the molecule is CCC(C)(C)NC(=O)Cn1ccc2cc(C)ccc21. The smallest absolute Gasteiger partial charge is 0.240 e. The summed E-state index contributed by atoms with van der Waals surface area (Å²) in [4.78, 5) is 12.1. The maximum atomic E-state index is 12.1. The molecule has 19 heavy (non-hydrogen) atoms. The van der Waals surface area contributed by atoms with E-state index in [1.807, 2.05) is 24.6 Å². The van der Waals surface area contributed by atoms with Gasteiger partial charge in [0.15, 0.2) is 0 Å². The molecule has 3 heteroatoms. The van der Waals surface area contributed by atoms with E-state index < -0.39 is 0 Å². The van der Waals surface area contributed by atoms with Crippen molar-refractivity contribution in [1.82, 2.24) is 9.88 Å². The van der Waals surface area contributed by atoms with Crippen LogP contribution in [-0.4, -0.2) is 16.0 Å². The molecule has 102 valence electrons. The predicted octanol–water partition coefficient (Wildman–Crippen LogP) is 3.25. The molecule has 3 nitrogen and oxygen atoms in total. The molecule has 0 atom stereocenters. The molecule has 1 aromatic carbocycles. The van der Waals surface area contributed by atoms with Gasteiger partial charge in [0.2, 0.25) is 5.91 Å². The molecule has 1 heterocycles. The number of benzene rings is 1. The van der Waals surface area contributed by atoms with Crippen molar-refractivity contribution in [3.05, 3.63) is 36.0 Å². The highest BCUT2D eigenvalue weighted by Gasteiger charge is 2.18. The molecule has 0 unspecified atom stereocenters. The average Bonchev–Trinajstić information content (AvgIpc) is 2.71. The van der Waals surface area contributed by atoms with E-state index in [1.165, 1.54) is 10.9 Å². The predicted molar refractivity (Wildman–Crippen MR) is 79.2 cm³/mol. The molecule has 0 spiro atoms. The van der Waals surface area contributed by atoms with Gasteiger partial charge in [-0.05, 0) is 50.8 Å². The van der Waals surface area contributed by atoms with Crippen molar-refractivity contribution in [2.45, 2.75) is 46.2 Å². The number of hydrogen-bond acceptors (Lipinski definition) is 1. The normalized spacial score (nSPS) is 11.8. The summed E-state index contributed by atoms with van der Waals surface area (Å²) in [7, 11) is 0. The molecule has 0 radical (unpaired) electrons. The summed E-state index contributed by atoms with van der Waals surface area (Å²) in [6, 6.07) is 8.34. The number of rotatable bonds is 4. The second kappa shape index (κ2) is 5.08. The maximum absolute atomic E-state index is 12.1. The Bertz CT molecular complexity index is 596. The van der Waals surface area contributed by atoms with Crippen LogP contribution in [0.5, 0.6) is 0 Å². The van der Waals surface area contributed by atoms with Crippen LogP contribution in [-0.2, 0) is 11.3 Å². The van der Waals surface area contributed by atoms with Gasteiger partial charge in [-0.3, -0.25) is 4.79 Å². The van der Waals surface area contributed by atoms with Crippen LogP contribution in [0.4, 0.5) is 0 Å². The topological polar surface area (TPSA) is 34.0 Å². The Kier molecular flexibility index (Phi) is 3.65. The monoisotopic (exact) mass is 258 g/mol. The van der Waals surface area contributed by atoms with Crippen molar-refractivity contribution in [3.63, 3.8) is 0 Å². The molecule has 1 amide bonds. The van der Waals surface area contributed by atoms with Gasteiger partial charge >= 0.3 is 0 Å². The number of amides is 1. The number of carbonyl (C=O) groups excluding carboxylic acids is 1. The first kappa shape index (κ1) is 13.7. The number of hydrogen-bond donors (Lipinski definition) is 1. The van der Waals surface area contributed by atoms with Crippen LogP contribution >= 0.6 is 0 Å². The van der Waals surface area contributed by atoms with Gasteiger partial charge in [0.05, 0.1) is 0 Å². The third-order valence-corrected chi connectivity index (χ3v) is 3.60. The van der Waals surface area contributed by atoms with E-state index in [2.05, 4.69) is 43.4 Å². The zero-order valence-corrected chi connectivity index (χ0v) is 12.2. The fourth-order valence-electron chi connectivity index (χ4n) is 2.12. The molecule has 0 aliphatic rings. The van der Waals surface area contributed by atoms with Crippen LogP contribution < -0.4 is 5.32 Å². The van der Waals surface area contributed by atoms with E-state index in [9.17, 15) is 4.79 Å². The Morgan fingerprint density at radius 1 is 1.32 bits per heavy atom. The molecule has 0 fully saturated rings. The third-order valence-electron chi connectivity index (χ3n) is 3.60. The van der Waals surface area contributed by atoms with Crippen LogP contribution in [0.3, 0.4) is 0 Å². The van der Waals surface area contributed by atoms with Crippen LogP contribution in [0.25, 0.3) is 10.9 Å². The fourth-order valence-corrected chi connectivity index (χ4v) is 2.12. The van der Waals surface area contributed by atoms with Crippen LogP contribution in [0, 0.1) is 6.92 Å². The van der Waals surface area contributed by atoms with Gasteiger partial charge in [-0.1, -0.05) is 18.6 Å². The van der Waals surface area contributed by atoms with Crippen LogP contribution in [0.2, 0.25) is 0 Å². The molecule has 0 saturated heterocycles. The lowest BCUT2D eigenvalue weighted by atomic mass is 10.0. The highest BCUT2D eigenvalue weighted by atomic mass is 16.2. The molecule has 1 aromatic heterocycles. The van der Waals surface area contributed by atoms with Crippen LogP contribution in [0.1, 0.15) is 32.8 Å². The van der Waals surface area contributed by atoms with E-state index >= 15 is 0 Å². The van der Waals surface area contributed by atoms with Crippen molar-refractivity contribution in [2.75, 3.05) is 0 Å². The van der Waals surface area contributed by atoms with E-state index in [0.717, 1.165) is 11.9 Å².